The Kier molecular flexibility index (Phi) is 5.44. The smallest absolute Gasteiger partial charge is 0.323 e. The van der Waals surface area contributed by atoms with Gasteiger partial charge in [0.2, 0.25) is 0 Å². The molecule has 1 atom stereocenters. The van der Waals surface area contributed by atoms with Gasteiger partial charge >= 0.3 is 11.9 Å². The molecule has 0 bridgehead atoms. The van der Waals surface area contributed by atoms with Gasteiger partial charge in [-0.25, -0.2) is 0 Å². The number of hydrogen-bond donors (Lipinski definition) is 0. The summed E-state index contributed by atoms with van der Waals surface area (Å²) >= 11 is 0. The summed E-state index contributed by atoms with van der Waals surface area (Å²) in [5.41, 5.74) is -1.18. The number of ether oxygens (including phenoxy) is 2. The molecule has 5 nitrogen and oxygen atoms in total. The van der Waals surface area contributed by atoms with Crippen LogP contribution in [0.25, 0.3) is 0 Å². The van der Waals surface area contributed by atoms with Crippen LogP contribution < -0.4 is 0 Å². The molecule has 1 saturated carbocycles. The number of carbonyl (C=O) groups is 2. The molecule has 0 aromatic carbocycles. The van der Waals surface area contributed by atoms with E-state index in [-0.39, 0.29) is 18.8 Å². The molecule has 0 radical (unpaired) electrons. The fourth-order valence-corrected chi connectivity index (χ4v) is 12.1. The van der Waals surface area contributed by atoms with Crippen molar-refractivity contribution in [2.24, 2.45) is 5.41 Å². The average Bonchev–Trinajstić information content (AvgIpc) is 3.03. The highest BCUT2D eigenvalue weighted by atomic mass is 28.4. The van der Waals surface area contributed by atoms with E-state index >= 15 is 0 Å². The van der Waals surface area contributed by atoms with Gasteiger partial charge in [-0.3, -0.25) is 9.59 Å². The quantitative estimate of drug-likeness (QED) is 0.407. The van der Waals surface area contributed by atoms with Gasteiger partial charge in [-0.1, -0.05) is 0 Å². The molecule has 0 aromatic heterocycles. The van der Waals surface area contributed by atoms with Crippen LogP contribution in [0.3, 0.4) is 0 Å². The van der Waals surface area contributed by atoms with Crippen molar-refractivity contribution >= 4 is 28.6 Å². The van der Waals surface area contributed by atoms with E-state index in [0.29, 0.717) is 6.42 Å². The normalized spacial score (nSPS) is 20.8. The summed E-state index contributed by atoms with van der Waals surface area (Å²) < 4.78 is 16.6. The zero-order chi connectivity index (χ0) is 16.5. The second-order valence-corrected chi connectivity index (χ2v) is 15.9. The molecule has 7 heteroatoms. The lowest BCUT2D eigenvalue weighted by atomic mass is 10.1. The monoisotopic (exact) mass is 332 g/mol. The first-order valence-corrected chi connectivity index (χ1v) is 13.9. The van der Waals surface area contributed by atoms with E-state index in [1.54, 1.807) is 13.8 Å². The SMILES string of the molecule is CCOC(=O)C1(C(=O)OCC)CC1[Si](C)(C)O[Si](C)(C)C. The van der Waals surface area contributed by atoms with Crippen LogP contribution in [0.15, 0.2) is 0 Å². The Labute approximate surface area is 129 Å². The summed E-state index contributed by atoms with van der Waals surface area (Å²) in [5, 5.41) is 0. The van der Waals surface area contributed by atoms with Crippen molar-refractivity contribution in [2.75, 3.05) is 13.2 Å². The Bertz CT molecular complexity index is 396. The minimum Gasteiger partial charge on any atom is -0.465 e. The molecule has 0 N–H and O–H groups in total. The Hall–Kier alpha value is -0.666. The van der Waals surface area contributed by atoms with Gasteiger partial charge in [0.15, 0.2) is 22.0 Å². The van der Waals surface area contributed by atoms with Gasteiger partial charge in [-0.15, -0.1) is 0 Å². The summed E-state index contributed by atoms with van der Waals surface area (Å²) in [6.45, 7) is 14.6. The largest absolute Gasteiger partial charge is 0.465 e. The zero-order valence-electron chi connectivity index (χ0n) is 14.2. The molecule has 0 heterocycles. The standard InChI is InChI=1S/C14H28O5Si2/c1-8-17-12(15)14(13(16)18-9-2)10-11(14)21(6,7)19-20(3,4)5/h11H,8-10H2,1-7H3. The van der Waals surface area contributed by atoms with Crippen molar-refractivity contribution in [1.29, 1.82) is 0 Å². The maximum absolute atomic E-state index is 12.3. The molecule has 0 amide bonds. The molecule has 0 spiro atoms. The van der Waals surface area contributed by atoms with Crippen LogP contribution in [0.1, 0.15) is 20.3 Å². The molecule has 0 aromatic rings. The summed E-state index contributed by atoms with van der Waals surface area (Å²) in [5.74, 6) is -0.901. The molecule has 0 saturated heterocycles. The van der Waals surface area contributed by atoms with Crippen molar-refractivity contribution < 1.29 is 23.2 Å². The molecule has 122 valence electrons. The van der Waals surface area contributed by atoms with Crippen LogP contribution in [0.4, 0.5) is 0 Å². The summed E-state index contributed by atoms with van der Waals surface area (Å²) in [4.78, 5) is 24.6. The number of esters is 2. The lowest BCUT2D eigenvalue weighted by molar-refractivity contribution is -0.164. The molecule has 1 fully saturated rings. The fraction of sp³-hybridized carbons (Fsp3) is 0.857. The highest BCUT2D eigenvalue weighted by Gasteiger charge is 2.73. The van der Waals surface area contributed by atoms with Gasteiger partial charge in [0.25, 0.3) is 0 Å². The average molecular weight is 333 g/mol. The maximum Gasteiger partial charge on any atom is 0.323 e. The van der Waals surface area contributed by atoms with Crippen molar-refractivity contribution in [2.45, 2.75) is 58.5 Å². The van der Waals surface area contributed by atoms with Crippen LogP contribution in [-0.2, 0) is 23.2 Å². The van der Waals surface area contributed by atoms with E-state index < -0.39 is 34.0 Å². The second kappa shape index (κ2) is 6.22. The van der Waals surface area contributed by atoms with Crippen LogP contribution in [0.5, 0.6) is 0 Å². The molecule has 1 aliphatic carbocycles. The first-order valence-electron chi connectivity index (χ1n) is 7.56. The first kappa shape index (κ1) is 18.4. The topological polar surface area (TPSA) is 61.8 Å². The second-order valence-electron chi connectivity index (χ2n) is 6.99. The highest BCUT2D eigenvalue weighted by Crippen LogP contribution is 2.64. The molecular weight excluding hydrogens is 304 g/mol. The molecule has 1 rings (SSSR count). The summed E-state index contributed by atoms with van der Waals surface area (Å²) in [6, 6.07) is 0. The van der Waals surface area contributed by atoms with Crippen LogP contribution in [0, 0.1) is 5.41 Å². The van der Waals surface area contributed by atoms with Crippen LogP contribution in [-0.4, -0.2) is 41.8 Å². The maximum atomic E-state index is 12.3. The third kappa shape index (κ3) is 3.95. The minimum atomic E-state index is -2.16. The number of rotatable bonds is 7. The molecular formula is C14H28O5Si2. The number of carbonyl (C=O) groups excluding carboxylic acids is 2. The zero-order valence-corrected chi connectivity index (χ0v) is 16.2. The molecule has 1 aliphatic rings. The van der Waals surface area contributed by atoms with Crippen LogP contribution >= 0.6 is 0 Å². The first-order chi connectivity index (χ1) is 9.51. The van der Waals surface area contributed by atoms with Crippen LogP contribution in [0.2, 0.25) is 38.3 Å². The van der Waals surface area contributed by atoms with E-state index in [0.717, 1.165) is 0 Å². The van der Waals surface area contributed by atoms with Crippen molar-refractivity contribution in [3.8, 4) is 0 Å². The van der Waals surface area contributed by atoms with Gasteiger partial charge in [-0.05, 0) is 53.0 Å². The lowest BCUT2D eigenvalue weighted by Crippen LogP contribution is -2.46. The van der Waals surface area contributed by atoms with Crippen molar-refractivity contribution in [1.82, 2.24) is 0 Å². The fourth-order valence-electron chi connectivity index (χ4n) is 3.02. The highest BCUT2D eigenvalue weighted by molar-refractivity contribution is 6.86. The van der Waals surface area contributed by atoms with E-state index in [4.69, 9.17) is 13.6 Å². The van der Waals surface area contributed by atoms with E-state index in [1.807, 2.05) is 0 Å². The third-order valence-corrected chi connectivity index (χ3v) is 10.6. The minimum absolute atomic E-state index is 0.0603. The van der Waals surface area contributed by atoms with Gasteiger partial charge in [0.05, 0.1) is 13.2 Å². The van der Waals surface area contributed by atoms with E-state index in [2.05, 4.69) is 32.7 Å². The Balaban J connectivity index is 2.99. The Morgan fingerprint density at radius 3 is 1.76 bits per heavy atom. The van der Waals surface area contributed by atoms with Gasteiger partial charge in [-0.2, -0.15) is 0 Å². The van der Waals surface area contributed by atoms with Gasteiger partial charge in [0.1, 0.15) is 0 Å². The van der Waals surface area contributed by atoms with E-state index in [9.17, 15) is 9.59 Å². The Morgan fingerprint density at radius 2 is 1.43 bits per heavy atom. The van der Waals surface area contributed by atoms with Gasteiger partial charge < -0.3 is 13.6 Å². The number of hydrogen-bond acceptors (Lipinski definition) is 5. The summed E-state index contributed by atoms with van der Waals surface area (Å²) in [6.07, 6.45) is 0.494. The molecule has 0 aliphatic heterocycles. The van der Waals surface area contributed by atoms with Gasteiger partial charge in [0, 0.05) is 5.54 Å². The molecule has 1 unspecified atom stereocenters. The summed E-state index contributed by atoms with van der Waals surface area (Å²) in [7, 11) is -3.89. The van der Waals surface area contributed by atoms with Crippen molar-refractivity contribution in [3.05, 3.63) is 0 Å². The predicted molar refractivity (Wildman–Crippen MR) is 86.0 cm³/mol. The lowest BCUT2D eigenvalue weighted by Gasteiger charge is -2.33. The molecule has 21 heavy (non-hydrogen) atoms. The van der Waals surface area contributed by atoms with Crippen molar-refractivity contribution in [3.63, 3.8) is 0 Å². The van der Waals surface area contributed by atoms with E-state index in [1.165, 1.54) is 0 Å². The predicted octanol–water partition coefficient (Wildman–Crippen LogP) is 2.93. The third-order valence-electron chi connectivity index (χ3n) is 3.65. The Morgan fingerprint density at radius 1 is 1.00 bits per heavy atom.